The van der Waals surface area contributed by atoms with Crippen molar-refractivity contribution < 1.29 is 37.1 Å². The zero-order valence-corrected chi connectivity index (χ0v) is 34.1. The monoisotopic (exact) mass is 851 g/mol. The Bertz CT molecular complexity index is 2170. The fourth-order valence-electron chi connectivity index (χ4n) is 8.46. The van der Waals surface area contributed by atoms with E-state index in [0.29, 0.717) is 54.6 Å². The summed E-state index contributed by atoms with van der Waals surface area (Å²) >= 11 is 11.1. The van der Waals surface area contributed by atoms with E-state index in [-0.39, 0.29) is 36.4 Å². The third kappa shape index (κ3) is 8.97. The van der Waals surface area contributed by atoms with Crippen LogP contribution in [0.15, 0.2) is 54.6 Å². The van der Waals surface area contributed by atoms with Crippen LogP contribution >= 0.6 is 24.2 Å². The minimum Gasteiger partial charge on any atom is -0.493 e. The predicted octanol–water partition coefficient (Wildman–Crippen LogP) is 7.12. The lowest BCUT2D eigenvalue weighted by molar-refractivity contribution is -0.138. The fourth-order valence-corrected chi connectivity index (χ4v) is 9.29. The number of benzene rings is 3. The molecule has 3 aromatic carbocycles. The summed E-state index contributed by atoms with van der Waals surface area (Å²) in [6, 6.07) is 15.1. The van der Waals surface area contributed by atoms with Crippen molar-refractivity contribution in [2.24, 2.45) is 5.92 Å². The van der Waals surface area contributed by atoms with E-state index in [9.17, 15) is 37.6 Å². The zero-order valence-electron chi connectivity index (χ0n) is 32.4. The molecular weight excluding hydrogens is 807 g/mol. The van der Waals surface area contributed by atoms with Gasteiger partial charge in [0, 0.05) is 34.2 Å². The Morgan fingerprint density at radius 1 is 1.03 bits per heavy atom. The largest absolute Gasteiger partial charge is 0.493 e. The molecule has 3 saturated heterocycles. The Labute approximate surface area is 350 Å². The highest BCUT2D eigenvalue weighted by atomic mass is 35.5. The number of likely N-dealkylation sites (tertiary alicyclic amines) is 1. The molecule has 4 fully saturated rings. The minimum absolute atomic E-state index is 0.0362. The number of ether oxygens (including phenoxy) is 1. The first-order valence-corrected chi connectivity index (χ1v) is 20.7. The second-order valence-corrected chi connectivity index (χ2v) is 16.4. The number of aryl methyl sites for hydroxylation is 1. The van der Waals surface area contributed by atoms with Gasteiger partial charge < -0.3 is 20.3 Å². The average molecular weight is 852 g/mol. The van der Waals surface area contributed by atoms with Crippen LogP contribution in [0.5, 0.6) is 5.75 Å². The number of nitrogens with zero attached hydrogens (tertiary/aromatic N) is 4. The maximum absolute atomic E-state index is 14.0. The quantitative estimate of drug-likeness (QED) is 0.111. The van der Waals surface area contributed by atoms with Crippen molar-refractivity contribution in [3.63, 3.8) is 0 Å². The maximum atomic E-state index is 14.0. The molecule has 4 aliphatic rings. The third-order valence-electron chi connectivity index (χ3n) is 11.8. The molecule has 59 heavy (non-hydrogen) atoms. The van der Waals surface area contributed by atoms with Gasteiger partial charge >= 0.3 is 6.18 Å². The summed E-state index contributed by atoms with van der Waals surface area (Å²) in [7, 11) is 0. The third-order valence-corrected chi connectivity index (χ3v) is 12.4. The Balaban J connectivity index is 0.914. The van der Waals surface area contributed by atoms with Crippen molar-refractivity contribution in [3.8, 4) is 11.8 Å². The Morgan fingerprint density at radius 2 is 1.76 bits per heavy atom. The van der Waals surface area contributed by atoms with E-state index in [1.54, 1.807) is 24.3 Å². The van der Waals surface area contributed by atoms with Gasteiger partial charge in [-0.25, -0.2) is 0 Å². The molecule has 3 N–H and O–H groups in total. The summed E-state index contributed by atoms with van der Waals surface area (Å²) < 4.78 is 47.9. The molecule has 3 heterocycles. The van der Waals surface area contributed by atoms with Crippen LogP contribution < -0.4 is 30.5 Å². The van der Waals surface area contributed by atoms with E-state index in [2.05, 4.69) is 20.9 Å². The van der Waals surface area contributed by atoms with Gasteiger partial charge in [-0.3, -0.25) is 34.3 Å². The molecule has 0 bridgehead atoms. The summed E-state index contributed by atoms with van der Waals surface area (Å²) in [6.07, 6.45) is 1.00. The summed E-state index contributed by atoms with van der Waals surface area (Å²) in [4.78, 5) is 56.0. The van der Waals surface area contributed by atoms with Crippen LogP contribution in [0.1, 0.15) is 75.0 Å². The van der Waals surface area contributed by atoms with E-state index < -0.39 is 40.3 Å². The number of amides is 4. The lowest BCUT2D eigenvalue weighted by atomic mass is 9.75. The number of rotatable bonds is 12. The van der Waals surface area contributed by atoms with Gasteiger partial charge in [0.25, 0.3) is 5.91 Å². The topological polar surface area (TPSA) is 147 Å². The molecule has 312 valence electrons. The van der Waals surface area contributed by atoms with Crippen LogP contribution in [0.4, 0.5) is 35.9 Å². The van der Waals surface area contributed by atoms with Gasteiger partial charge in [-0.1, -0.05) is 18.5 Å². The normalized spacial score (nSPS) is 20.9. The van der Waals surface area contributed by atoms with E-state index >= 15 is 0 Å². The number of piperidine rings is 2. The number of hydrogen-bond donors (Lipinski definition) is 4. The van der Waals surface area contributed by atoms with E-state index in [0.717, 1.165) is 67.9 Å². The highest BCUT2D eigenvalue weighted by Gasteiger charge is 2.60. The smallest absolute Gasteiger partial charge is 0.417 e. The Hall–Kier alpha value is -4.98. The molecular formula is C42H45ClF3N7O5S. The van der Waals surface area contributed by atoms with Gasteiger partial charge in [-0.2, -0.15) is 18.4 Å². The molecule has 0 radical (unpaired) electrons. The number of alkyl halides is 3. The van der Waals surface area contributed by atoms with E-state index in [1.807, 2.05) is 30.0 Å². The molecule has 2 atom stereocenters. The first kappa shape index (κ1) is 42.2. The molecule has 1 aliphatic carbocycles. The van der Waals surface area contributed by atoms with Crippen LogP contribution in [0.2, 0.25) is 5.02 Å². The molecule has 0 aromatic heterocycles. The van der Waals surface area contributed by atoms with E-state index in [4.69, 9.17) is 29.0 Å². The van der Waals surface area contributed by atoms with Crippen LogP contribution in [0, 0.1) is 17.2 Å². The van der Waals surface area contributed by atoms with Gasteiger partial charge in [-0.15, -0.1) is 12.6 Å². The molecule has 17 heteroatoms. The standard InChI is InChI=1S/C42H45ClF3N7O5S/c1-2-26-18-32(53-40(59)52(39(57)41(53)13-3-14-41)31-5-4-27(23-47)33(22-31)42(44,45)46)6-8-35(26)58-17-12-25-10-15-51(16-11-25)24-37(55)49-30-20-28(43)19-29(21-30)48-34-7-9-36(54)50-38(34)56/h4-6,8,18-22,25,34,40,48,59H,2-3,7,9-17,24H2,1H3,(H,49,55)(H,50,54,56). The number of imide groups is 1. The molecule has 3 aliphatic heterocycles. The van der Waals surface area contributed by atoms with Crippen molar-refractivity contribution in [3.05, 3.63) is 76.3 Å². The molecule has 4 amide bonds. The van der Waals surface area contributed by atoms with Crippen molar-refractivity contribution in [2.75, 3.05) is 46.7 Å². The van der Waals surface area contributed by atoms with Crippen molar-refractivity contribution in [2.45, 2.75) is 88.0 Å². The van der Waals surface area contributed by atoms with Gasteiger partial charge in [0.15, 0.2) is 5.50 Å². The van der Waals surface area contributed by atoms with Gasteiger partial charge in [-0.05, 0) is 131 Å². The zero-order chi connectivity index (χ0) is 42.1. The number of carbonyl (C=O) groups excluding carboxylic acids is 4. The summed E-state index contributed by atoms with van der Waals surface area (Å²) in [5.41, 5.74) is -0.656. The molecule has 7 rings (SSSR count). The Kier molecular flexibility index (Phi) is 12.4. The predicted molar refractivity (Wildman–Crippen MR) is 220 cm³/mol. The molecule has 1 saturated carbocycles. The number of nitrogens with one attached hydrogen (secondary N) is 3. The van der Waals surface area contributed by atoms with E-state index in [1.165, 1.54) is 11.0 Å². The number of nitriles is 1. The molecule has 12 nitrogen and oxygen atoms in total. The van der Waals surface area contributed by atoms with Crippen LogP contribution in [-0.4, -0.2) is 71.8 Å². The van der Waals surface area contributed by atoms with Crippen molar-refractivity contribution >= 4 is 70.6 Å². The number of carbonyl (C=O) groups is 4. The molecule has 3 aromatic rings. The SMILES string of the molecule is CCc1cc(N2C(S)N(c3ccc(C#N)c(C(F)(F)F)c3)C(=O)C23CCC3)ccc1OCCC1CCN(CC(=O)Nc2cc(Cl)cc(NC3CCC(=O)NC3=O)c2)CC1. The number of anilines is 4. The van der Waals surface area contributed by atoms with Gasteiger partial charge in [0.1, 0.15) is 17.3 Å². The summed E-state index contributed by atoms with van der Waals surface area (Å²) in [5.74, 6) is -0.0597. The average Bonchev–Trinajstić information content (AvgIpc) is 3.42. The van der Waals surface area contributed by atoms with Gasteiger partial charge in [0.2, 0.25) is 17.7 Å². The van der Waals surface area contributed by atoms with Crippen molar-refractivity contribution in [1.82, 2.24) is 10.2 Å². The molecule has 1 spiro atoms. The van der Waals surface area contributed by atoms with Crippen LogP contribution in [-0.2, 0) is 31.8 Å². The second kappa shape index (κ2) is 17.3. The Morgan fingerprint density at radius 3 is 2.42 bits per heavy atom. The van der Waals surface area contributed by atoms with Crippen molar-refractivity contribution in [1.29, 1.82) is 5.26 Å². The van der Waals surface area contributed by atoms with Crippen LogP contribution in [0.25, 0.3) is 0 Å². The van der Waals surface area contributed by atoms with Gasteiger partial charge in [0.05, 0.1) is 30.3 Å². The first-order valence-electron chi connectivity index (χ1n) is 19.8. The minimum atomic E-state index is -4.76. The lowest BCUT2D eigenvalue weighted by Gasteiger charge is -2.44. The first-order chi connectivity index (χ1) is 28.2. The maximum Gasteiger partial charge on any atom is 0.417 e. The summed E-state index contributed by atoms with van der Waals surface area (Å²) in [6.45, 7) is 4.23. The van der Waals surface area contributed by atoms with Crippen LogP contribution in [0.3, 0.4) is 0 Å². The fraction of sp³-hybridized carbons (Fsp3) is 0.452. The molecule has 2 unspecified atom stereocenters. The lowest BCUT2D eigenvalue weighted by Crippen LogP contribution is -2.55. The number of thiol groups is 1. The second-order valence-electron chi connectivity index (χ2n) is 15.5. The highest BCUT2D eigenvalue weighted by molar-refractivity contribution is 7.81. The number of hydrogen-bond acceptors (Lipinski definition) is 10. The summed E-state index contributed by atoms with van der Waals surface area (Å²) in [5, 5.41) is 18.0. The number of halogens is 4. The highest BCUT2D eigenvalue weighted by Crippen LogP contribution is 2.51.